The van der Waals surface area contributed by atoms with Crippen LogP contribution in [-0.4, -0.2) is 29.0 Å². The van der Waals surface area contributed by atoms with Gasteiger partial charge in [0.15, 0.2) is 0 Å². The fraction of sp³-hybridized carbons (Fsp3) is 0.857. The van der Waals surface area contributed by atoms with E-state index in [-0.39, 0.29) is 11.8 Å². The maximum atomic E-state index is 11.5. The van der Waals surface area contributed by atoms with Crippen LogP contribution in [0.1, 0.15) is 141 Å². The van der Waals surface area contributed by atoms with E-state index in [9.17, 15) is 9.59 Å². The zero-order chi connectivity index (χ0) is 23.1. The van der Waals surface area contributed by atoms with Crippen molar-refractivity contribution in [1.29, 1.82) is 0 Å². The Bertz CT molecular complexity index is 474. The summed E-state index contributed by atoms with van der Waals surface area (Å²) in [7, 11) is 0. The Morgan fingerprint density at radius 1 is 0.438 bits per heavy atom. The summed E-state index contributed by atoms with van der Waals surface area (Å²) in [4.78, 5) is 24.3. The predicted molar refractivity (Wildman–Crippen MR) is 141 cm³/mol. The summed E-state index contributed by atoms with van der Waals surface area (Å²) in [6.07, 6.45) is 32.7. The number of hydrogen-bond donors (Lipinski definition) is 1. The molecule has 4 heteroatoms. The Balaban J connectivity index is 1.67. The molecule has 1 rings (SSSR count). The lowest BCUT2D eigenvalue weighted by molar-refractivity contribution is -0.136. The van der Waals surface area contributed by atoms with Crippen molar-refractivity contribution in [2.75, 3.05) is 12.3 Å². The molecule has 1 aliphatic heterocycles. The van der Waals surface area contributed by atoms with Gasteiger partial charge in [-0.2, -0.15) is 12.6 Å². The number of imide groups is 1. The average Bonchev–Trinajstić information content (AvgIpc) is 3.11. The predicted octanol–water partition coefficient (Wildman–Crippen LogP) is 8.42. The highest BCUT2D eigenvalue weighted by Gasteiger charge is 2.21. The molecule has 0 fully saturated rings. The number of thiol groups is 1. The highest BCUT2D eigenvalue weighted by molar-refractivity contribution is 7.80. The lowest BCUT2D eigenvalue weighted by atomic mass is 10.0. The number of amides is 2. The number of unbranched alkanes of at least 4 members (excludes halogenated alkanes) is 21. The van der Waals surface area contributed by atoms with Crippen molar-refractivity contribution in [3.8, 4) is 0 Å². The Hall–Kier alpha value is -0.770. The van der Waals surface area contributed by atoms with E-state index >= 15 is 0 Å². The minimum atomic E-state index is -0.146. The first-order valence-electron chi connectivity index (χ1n) is 13.9. The van der Waals surface area contributed by atoms with Gasteiger partial charge in [-0.25, -0.2) is 0 Å². The SMILES string of the molecule is O=C1C=CC(=O)N1CCCCCCCCCCCCCCCCCCCCCCCCS. The second kappa shape index (κ2) is 22.0. The first-order chi connectivity index (χ1) is 15.8. The van der Waals surface area contributed by atoms with Gasteiger partial charge in [0.1, 0.15) is 0 Å². The zero-order valence-electron chi connectivity index (χ0n) is 20.8. The minimum absolute atomic E-state index is 0.146. The van der Waals surface area contributed by atoms with Crippen molar-refractivity contribution < 1.29 is 9.59 Å². The third-order valence-corrected chi connectivity index (χ3v) is 7.01. The number of nitrogens with zero attached hydrogens (tertiary/aromatic N) is 1. The van der Waals surface area contributed by atoms with Gasteiger partial charge in [0.2, 0.25) is 0 Å². The van der Waals surface area contributed by atoms with Crippen LogP contribution in [0.3, 0.4) is 0 Å². The van der Waals surface area contributed by atoms with Gasteiger partial charge < -0.3 is 0 Å². The molecule has 0 aromatic carbocycles. The molecule has 0 radical (unpaired) electrons. The highest BCUT2D eigenvalue weighted by Crippen LogP contribution is 2.15. The summed E-state index contributed by atoms with van der Waals surface area (Å²) in [5.74, 6) is 0.759. The topological polar surface area (TPSA) is 37.4 Å². The molecular formula is C28H51NO2S. The zero-order valence-corrected chi connectivity index (χ0v) is 21.7. The maximum absolute atomic E-state index is 11.5. The molecule has 0 N–H and O–H groups in total. The molecule has 0 atom stereocenters. The van der Waals surface area contributed by atoms with Crippen LogP contribution in [0.15, 0.2) is 12.2 Å². The van der Waals surface area contributed by atoms with Gasteiger partial charge in [-0.3, -0.25) is 14.5 Å². The fourth-order valence-corrected chi connectivity index (χ4v) is 4.79. The molecular weight excluding hydrogens is 414 g/mol. The smallest absolute Gasteiger partial charge is 0.253 e. The van der Waals surface area contributed by atoms with E-state index in [1.165, 1.54) is 145 Å². The molecule has 186 valence electrons. The van der Waals surface area contributed by atoms with Crippen LogP contribution >= 0.6 is 12.6 Å². The van der Waals surface area contributed by atoms with Crippen molar-refractivity contribution in [3.63, 3.8) is 0 Å². The highest BCUT2D eigenvalue weighted by atomic mass is 32.1. The largest absolute Gasteiger partial charge is 0.275 e. The van der Waals surface area contributed by atoms with Gasteiger partial charge in [-0.15, -0.1) is 0 Å². The van der Waals surface area contributed by atoms with Crippen LogP contribution < -0.4 is 0 Å². The molecule has 0 spiro atoms. The molecule has 0 aromatic heterocycles. The summed E-state index contributed by atoms with van der Waals surface area (Å²) in [5, 5.41) is 0. The van der Waals surface area contributed by atoms with Gasteiger partial charge in [0, 0.05) is 18.7 Å². The average molecular weight is 466 g/mol. The molecule has 0 aliphatic carbocycles. The molecule has 0 saturated carbocycles. The second-order valence-corrected chi connectivity index (χ2v) is 10.1. The monoisotopic (exact) mass is 465 g/mol. The van der Waals surface area contributed by atoms with Crippen LogP contribution in [0.5, 0.6) is 0 Å². The van der Waals surface area contributed by atoms with E-state index in [0.717, 1.165) is 18.6 Å². The molecule has 0 bridgehead atoms. The molecule has 0 aromatic rings. The van der Waals surface area contributed by atoms with E-state index < -0.39 is 0 Å². The van der Waals surface area contributed by atoms with Crippen molar-refractivity contribution in [1.82, 2.24) is 4.90 Å². The van der Waals surface area contributed by atoms with Crippen LogP contribution in [0, 0.1) is 0 Å². The standard InChI is InChI=1S/C28H51NO2S/c30-27-23-24-28(31)29(27)25-21-19-17-15-13-11-9-7-5-3-1-2-4-6-8-10-12-14-16-18-20-22-26-32/h23-24,32H,1-22,25-26H2. The van der Waals surface area contributed by atoms with Crippen molar-refractivity contribution in [2.24, 2.45) is 0 Å². The van der Waals surface area contributed by atoms with Crippen molar-refractivity contribution in [3.05, 3.63) is 12.2 Å². The summed E-state index contributed by atoms with van der Waals surface area (Å²) < 4.78 is 0. The summed E-state index contributed by atoms with van der Waals surface area (Å²) in [6, 6.07) is 0. The van der Waals surface area contributed by atoms with Crippen LogP contribution in [-0.2, 0) is 9.59 Å². The Morgan fingerprint density at radius 2 is 0.688 bits per heavy atom. The van der Waals surface area contributed by atoms with Gasteiger partial charge in [0.05, 0.1) is 0 Å². The molecule has 2 amide bonds. The van der Waals surface area contributed by atoms with Gasteiger partial charge in [-0.05, 0) is 18.6 Å². The van der Waals surface area contributed by atoms with E-state index in [1.54, 1.807) is 0 Å². The summed E-state index contributed by atoms with van der Waals surface area (Å²) in [5.41, 5.74) is 0. The van der Waals surface area contributed by atoms with E-state index in [0.29, 0.717) is 6.54 Å². The molecule has 0 unspecified atom stereocenters. The fourth-order valence-electron chi connectivity index (χ4n) is 4.57. The number of rotatable bonds is 24. The number of hydrogen-bond acceptors (Lipinski definition) is 3. The van der Waals surface area contributed by atoms with E-state index in [2.05, 4.69) is 12.6 Å². The Morgan fingerprint density at radius 3 is 0.969 bits per heavy atom. The lowest BCUT2D eigenvalue weighted by Crippen LogP contribution is -2.30. The van der Waals surface area contributed by atoms with Gasteiger partial charge >= 0.3 is 0 Å². The number of carbonyl (C=O) groups is 2. The quantitative estimate of drug-likeness (QED) is 0.0882. The van der Waals surface area contributed by atoms with E-state index in [1.807, 2.05) is 0 Å². The Labute approximate surface area is 204 Å². The van der Waals surface area contributed by atoms with Crippen LogP contribution in [0.25, 0.3) is 0 Å². The number of carbonyl (C=O) groups excluding carboxylic acids is 2. The molecule has 3 nitrogen and oxygen atoms in total. The lowest BCUT2D eigenvalue weighted by Gasteiger charge is -2.12. The third-order valence-electron chi connectivity index (χ3n) is 6.69. The van der Waals surface area contributed by atoms with Crippen molar-refractivity contribution >= 4 is 24.4 Å². The summed E-state index contributed by atoms with van der Waals surface area (Å²) >= 11 is 4.26. The van der Waals surface area contributed by atoms with Crippen LogP contribution in [0.2, 0.25) is 0 Å². The van der Waals surface area contributed by atoms with Crippen molar-refractivity contribution in [2.45, 2.75) is 141 Å². The molecule has 1 aliphatic rings. The Kier molecular flexibility index (Phi) is 20.2. The molecule has 1 heterocycles. The van der Waals surface area contributed by atoms with Gasteiger partial charge in [0.25, 0.3) is 11.8 Å². The third kappa shape index (κ3) is 16.8. The maximum Gasteiger partial charge on any atom is 0.253 e. The molecule has 32 heavy (non-hydrogen) atoms. The van der Waals surface area contributed by atoms with E-state index in [4.69, 9.17) is 0 Å². The molecule has 0 saturated heterocycles. The van der Waals surface area contributed by atoms with Gasteiger partial charge in [-0.1, -0.05) is 128 Å². The first-order valence-corrected chi connectivity index (χ1v) is 14.5. The second-order valence-electron chi connectivity index (χ2n) is 9.66. The minimum Gasteiger partial charge on any atom is -0.275 e. The van der Waals surface area contributed by atoms with Crippen LogP contribution in [0.4, 0.5) is 0 Å². The first kappa shape index (κ1) is 29.3. The normalized spacial score (nSPS) is 13.6. The summed E-state index contributed by atoms with van der Waals surface area (Å²) in [6.45, 7) is 0.585.